The number of aromatic carboxylic acids is 1. The predicted octanol–water partition coefficient (Wildman–Crippen LogP) is 3.44. The van der Waals surface area contributed by atoms with Gasteiger partial charge in [-0.1, -0.05) is 30.3 Å². The van der Waals surface area contributed by atoms with E-state index in [1.807, 2.05) is 30.3 Å². The van der Waals surface area contributed by atoms with E-state index < -0.39 is 5.97 Å². The Morgan fingerprint density at radius 3 is 2.48 bits per heavy atom. The summed E-state index contributed by atoms with van der Waals surface area (Å²) in [5, 5.41) is 10.2. The van der Waals surface area contributed by atoms with E-state index in [1.54, 1.807) is 12.1 Å². The summed E-state index contributed by atoms with van der Waals surface area (Å²) in [6, 6.07) is 17.1. The number of para-hydroxylation sites is 1. The van der Waals surface area contributed by atoms with E-state index in [2.05, 4.69) is 22.0 Å². The summed E-state index contributed by atoms with van der Waals surface area (Å²) in [6.45, 7) is 3.26. The predicted molar refractivity (Wildman–Crippen MR) is 97.2 cm³/mol. The molecule has 0 radical (unpaired) electrons. The van der Waals surface area contributed by atoms with Gasteiger partial charge in [-0.15, -0.1) is 0 Å². The molecule has 5 heteroatoms. The van der Waals surface area contributed by atoms with Gasteiger partial charge in [-0.05, 0) is 24.3 Å². The quantitative estimate of drug-likeness (QED) is 0.795. The lowest BCUT2D eigenvalue weighted by Crippen LogP contribution is -2.36. The maximum Gasteiger partial charge on any atom is 0.336 e. The number of pyridine rings is 1. The highest BCUT2D eigenvalue weighted by Crippen LogP contribution is 2.27. The lowest BCUT2D eigenvalue weighted by atomic mass is 10.0. The van der Waals surface area contributed by atoms with Crippen LogP contribution in [0.4, 0.5) is 5.69 Å². The molecule has 0 bridgehead atoms. The number of carboxylic acid groups (broad SMARTS) is 1. The molecule has 1 fully saturated rings. The van der Waals surface area contributed by atoms with Gasteiger partial charge in [0.25, 0.3) is 0 Å². The fourth-order valence-electron chi connectivity index (χ4n) is 3.16. The minimum atomic E-state index is -0.940. The first-order chi connectivity index (χ1) is 12.2. The summed E-state index contributed by atoms with van der Waals surface area (Å²) in [6.07, 6.45) is 0. The second kappa shape index (κ2) is 6.53. The summed E-state index contributed by atoms with van der Waals surface area (Å²) in [5.41, 5.74) is 3.69. The van der Waals surface area contributed by atoms with Crippen molar-refractivity contribution in [1.82, 2.24) is 4.98 Å². The Bertz CT molecular complexity index is 916. The maximum atomic E-state index is 11.6. The minimum absolute atomic E-state index is 0.276. The number of ether oxygens (including phenoxy) is 1. The van der Waals surface area contributed by atoms with E-state index in [0.29, 0.717) is 16.6 Å². The number of morpholine rings is 1. The van der Waals surface area contributed by atoms with Crippen molar-refractivity contribution in [3.63, 3.8) is 0 Å². The zero-order valence-electron chi connectivity index (χ0n) is 13.7. The summed E-state index contributed by atoms with van der Waals surface area (Å²) in [7, 11) is 0. The van der Waals surface area contributed by atoms with Crippen LogP contribution >= 0.6 is 0 Å². The first kappa shape index (κ1) is 15.6. The normalized spacial score (nSPS) is 14.6. The molecular weight excluding hydrogens is 316 g/mol. The average Bonchev–Trinajstić information content (AvgIpc) is 2.68. The van der Waals surface area contributed by atoms with Crippen LogP contribution in [-0.4, -0.2) is 42.4 Å². The van der Waals surface area contributed by atoms with Crippen molar-refractivity contribution in [3.05, 3.63) is 60.2 Å². The summed E-state index contributed by atoms with van der Waals surface area (Å²) in [5.74, 6) is -0.940. The van der Waals surface area contributed by atoms with Crippen LogP contribution in [0.5, 0.6) is 0 Å². The van der Waals surface area contributed by atoms with Crippen molar-refractivity contribution in [1.29, 1.82) is 0 Å². The van der Waals surface area contributed by atoms with Gasteiger partial charge < -0.3 is 14.7 Å². The van der Waals surface area contributed by atoms with Gasteiger partial charge in [0, 0.05) is 29.7 Å². The molecule has 3 aromatic rings. The number of nitrogens with zero attached hydrogens (tertiary/aromatic N) is 2. The van der Waals surface area contributed by atoms with Crippen LogP contribution in [0.15, 0.2) is 54.6 Å². The molecule has 1 N–H and O–H groups in total. The van der Waals surface area contributed by atoms with Gasteiger partial charge in [0.15, 0.2) is 0 Å². The fourth-order valence-corrected chi connectivity index (χ4v) is 3.16. The van der Waals surface area contributed by atoms with Crippen molar-refractivity contribution in [3.8, 4) is 11.3 Å². The number of hydrogen-bond donors (Lipinski definition) is 1. The lowest BCUT2D eigenvalue weighted by Gasteiger charge is -2.28. The van der Waals surface area contributed by atoms with E-state index in [4.69, 9.17) is 4.74 Å². The highest BCUT2D eigenvalue weighted by molar-refractivity contribution is 6.03. The standard InChI is InChI=1S/C20H18N2O3/c23-20(24)17-13-19(21-18-4-2-1-3-16(17)18)14-5-7-15(8-6-14)22-9-11-25-12-10-22/h1-8,13H,9-12H2,(H,23,24). The number of anilines is 1. The van der Waals surface area contributed by atoms with Gasteiger partial charge in [0.2, 0.25) is 0 Å². The van der Waals surface area contributed by atoms with Gasteiger partial charge in [-0.2, -0.15) is 0 Å². The Labute approximate surface area is 145 Å². The van der Waals surface area contributed by atoms with Crippen LogP contribution in [0.3, 0.4) is 0 Å². The van der Waals surface area contributed by atoms with E-state index in [1.165, 1.54) is 0 Å². The van der Waals surface area contributed by atoms with Crippen molar-refractivity contribution in [2.75, 3.05) is 31.2 Å². The molecule has 1 saturated heterocycles. The van der Waals surface area contributed by atoms with E-state index in [0.717, 1.165) is 37.6 Å². The summed E-state index contributed by atoms with van der Waals surface area (Å²) >= 11 is 0. The Morgan fingerprint density at radius 2 is 1.76 bits per heavy atom. The summed E-state index contributed by atoms with van der Waals surface area (Å²) in [4.78, 5) is 18.5. The van der Waals surface area contributed by atoms with E-state index in [-0.39, 0.29) is 5.56 Å². The van der Waals surface area contributed by atoms with Gasteiger partial charge >= 0.3 is 5.97 Å². The molecule has 1 aliphatic rings. The monoisotopic (exact) mass is 334 g/mol. The molecule has 0 unspecified atom stereocenters. The Morgan fingerprint density at radius 1 is 1.04 bits per heavy atom. The molecule has 1 aromatic heterocycles. The number of rotatable bonds is 3. The van der Waals surface area contributed by atoms with Crippen molar-refractivity contribution >= 4 is 22.6 Å². The third-order valence-electron chi connectivity index (χ3n) is 4.49. The molecular formula is C20H18N2O3. The van der Waals surface area contributed by atoms with Gasteiger partial charge in [0.05, 0.1) is 30.0 Å². The van der Waals surface area contributed by atoms with Gasteiger partial charge in [-0.3, -0.25) is 0 Å². The van der Waals surface area contributed by atoms with Crippen LogP contribution in [0.1, 0.15) is 10.4 Å². The molecule has 4 rings (SSSR count). The van der Waals surface area contributed by atoms with Crippen LogP contribution in [0.25, 0.3) is 22.2 Å². The van der Waals surface area contributed by atoms with Crippen molar-refractivity contribution in [2.45, 2.75) is 0 Å². The number of benzene rings is 2. The molecule has 1 aliphatic heterocycles. The van der Waals surface area contributed by atoms with Crippen LogP contribution in [-0.2, 0) is 4.74 Å². The molecule has 0 aliphatic carbocycles. The Hall–Kier alpha value is -2.92. The number of hydrogen-bond acceptors (Lipinski definition) is 4. The second-order valence-corrected chi connectivity index (χ2v) is 6.02. The first-order valence-corrected chi connectivity index (χ1v) is 8.28. The van der Waals surface area contributed by atoms with Gasteiger partial charge in [-0.25, -0.2) is 9.78 Å². The molecule has 0 saturated carbocycles. The Kier molecular flexibility index (Phi) is 4.07. The number of carboxylic acids is 1. The fraction of sp³-hybridized carbons (Fsp3) is 0.200. The first-order valence-electron chi connectivity index (χ1n) is 8.28. The van der Waals surface area contributed by atoms with Gasteiger partial charge in [0.1, 0.15) is 0 Å². The zero-order valence-corrected chi connectivity index (χ0v) is 13.7. The molecule has 0 atom stereocenters. The van der Waals surface area contributed by atoms with E-state index >= 15 is 0 Å². The molecule has 0 amide bonds. The molecule has 25 heavy (non-hydrogen) atoms. The zero-order chi connectivity index (χ0) is 17.2. The average molecular weight is 334 g/mol. The smallest absolute Gasteiger partial charge is 0.336 e. The highest BCUT2D eigenvalue weighted by atomic mass is 16.5. The number of aromatic nitrogens is 1. The SMILES string of the molecule is O=C(O)c1cc(-c2ccc(N3CCOCC3)cc2)nc2ccccc12. The number of carbonyl (C=O) groups is 1. The topological polar surface area (TPSA) is 62.7 Å². The lowest BCUT2D eigenvalue weighted by molar-refractivity contribution is 0.0699. The van der Waals surface area contributed by atoms with Crippen LogP contribution < -0.4 is 4.90 Å². The highest BCUT2D eigenvalue weighted by Gasteiger charge is 2.14. The molecule has 2 heterocycles. The van der Waals surface area contributed by atoms with Crippen LogP contribution in [0, 0.1) is 0 Å². The molecule has 0 spiro atoms. The molecule has 2 aromatic carbocycles. The van der Waals surface area contributed by atoms with Crippen molar-refractivity contribution in [2.24, 2.45) is 0 Å². The number of fused-ring (bicyclic) bond motifs is 1. The van der Waals surface area contributed by atoms with Crippen molar-refractivity contribution < 1.29 is 14.6 Å². The largest absolute Gasteiger partial charge is 0.478 e. The van der Waals surface area contributed by atoms with Crippen LogP contribution in [0.2, 0.25) is 0 Å². The third-order valence-corrected chi connectivity index (χ3v) is 4.49. The molecule has 5 nitrogen and oxygen atoms in total. The Balaban J connectivity index is 1.72. The maximum absolute atomic E-state index is 11.6. The second-order valence-electron chi connectivity index (χ2n) is 6.02. The summed E-state index contributed by atoms with van der Waals surface area (Å²) < 4.78 is 5.38. The molecule has 126 valence electrons. The van der Waals surface area contributed by atoms with E-state index in [9.17, 15) is 9.90 Å². The third kappa shape index (κ3) is 3.06. The minimum Gasteiger partial charge on any atom is -0.478 e.